The van der Waals surface area contributed by atoms with E-state index in [2.05, 4.69) is 0 Å². The summed E-state index contributed by atoms with van der Waals surface area (Å²) >= 11 is 5.95. The van der Waals surface area contributed by atoms with Gasteiger partial charge in [0.2, 0.25) is 5.91 Å². The maximum atomic E-state index is 13.4. The number of carbonyl (C=O) groups is 1. The Bertz CT molecular complexity index is 546. The number of alkyl halides is 3. The highest BCUT2D eigenvalue weighted by molar-refractivity contribution is 6.30. The molecule has 0 aliphatic heterocycles. The zero-order chi connectivity index (χ0) is 16.5. The molecule has 6 heteroatoms. The molecule has 1 aliphatic carbocycles. The number of carbonyl (C=O) groups excluding carboxylic acids is 1. The predicted octanol–water partition coefficient (Wildman–Crippen LogP) is 4.63. The van der Waals surface area contributed by atoms with E-state index in [1.165, 1.54) is 14.0 Å². The van der Waals surface area contributed by atoms with Crippen LogP contribution in [0.4, 0.5) is 13.2 Å². The molecule has 0 radical (unpaired) electrons. The molecule has 0 heterocycles. The highest BCUT2D eigenvalue weighted by Crippen LogP contribution is 2.45. The van der Waals surface area contributed by atoms with Crippen molar-refractivity contribution >= 4 is 17.5 Å². The summed E-state index contributed by atoms with van der Waals surface area (Å²) in [5.41, 5.74) is 0.974. The lowest BCUT2D eigenvalue weighted by molar-refractivity contribution is -0.197. The molecular weight excluding hydrogens is 315 g/mol. The maximum Gasteiger partial charge on any atom is 0.409 e. The Morgan fingerprint density at radius 1 is 1.36 bits per heavy atom. The first-order valence-electron chi connectivity index (χ1n) is 7.25. The van der Waals surface area contributed by atoms with Crippen molar-refractivity contribution in [1.29, 1.82) is 0 Å². The van der Waals surface area contributed by atoms with E-state index in [9.17, 15) is 18.0 Å². The number of rotatable bonds is 3. The van der Waals surface area contributed by atoms with Gasteiger partial charge < -0.3 is 4.90 Å². The SMILES string of the molecule is CC(=O)N(C)C([C@H]1CC[C@@H](c2cccc(Cl)c2)C1)C(F)(F)F. The van der Waals surface area contributed by atoms with Crippen LogP contribution in [-0.2, 0) is 4.79 Å². The number of halogens is 4. The molecule has 122 valence electrons. The Kier molecular flexibility index (Phi) is 5.05. The molecule has 1 saturated carbocycles. The van der Waals surface area contributed by atoms with Gasteiger partial charge in [-0.1, -0.05) is 23.7 Å². The van der Waals surface area contributed by atoms with E-state index in [-0.39, 0.29) is 5.92 Å². The Balaban J connectivity index is 2.17. The number of nitrogens with zero attached hydrogens (tertiary/aromatic N) is 1. The molecule has 0 bridgehead atoms. The maximum absolute atomic E-state index is 13.4. The van der Waals surface area contributed by atoms with E-state index in [0.717, 1.165) is 10.5 Å². The molecule has 0 aromatic heterocycles. The Hall–Kier alpha value is -1.23. The van der Waals surface area contributed by atoms with Gasteiger partial charge in [-0.25, -0.2) is 0 Å². The predicted molar refractivity (Wildman–Crippen MR) is 79.8 cm³/mol. The molecule has 1 aromatic carbocycles. The lowest BCUT2D eigenvalue weighted by atomic mass is 9.92. The van der Waals surface area contributed by atoms with Crippen molar-refractivity contribution in [3.05, 3.63) is 34.9 Å². The fraction of sp³-hybridized carbons (Fsp3) is 0.562. The van der Waals surface area contributed by atoms with Crippen molar-refractivity contribution in [2.24, 2.45) is 5.92 Å². The molecule has 0 spiro atoms. The molecule has 2 rings (SSSR count). The van der Waals surface area contributed by atoms with Crippen molar-refractivity contribution in [2.75, 3.05) is 7.05 Å². The molecular formula is C16H19ClF3NO. The van der Waals surface area contributed by atoms with Gasteiger partial charge in [0.25, 0.3) is 0 Å². The van der Waals surface area contributed by atoms with Gasteiger partial charge in [-0.3, -0.25) is 4.79 Å². The van der Waals surface area contributed by atoms with E-state index >= 15 is 0 Å². The zero-order valence-corrected chi connectivity index (χ0v) is 13.3. The summed E-state index contributed by atoms with van der Waals surface area (Å²) in [6.07, 6.45) is -2.85. The van der Waals surface area contributed by atoms with E-state index in [1.807, 2.05) is 18.2 Å². The minimum absolute atomic E-state index is 0.0638. The van der Waals surface area contributed by atoms with Crippen LogP contribution in [0.3, 0.4) is 0 Å². The number of hydrogen-bond donors (Lipinski definition) is 0. The number of benzene rings is 1. The fourth-order valence-electron chi connectivity index (χ4n) is 3.37. The molecule has 22 heavy (non-hydrogen) atoms. The summed E-state index contributed by atoms with van der Waals surface area (Å²) in [4.78, 5) is 12.2. The van der Waals surface area contributed by atoms with Crippen LogP contribution < -0.4 is 0 Å². The zero-order valence-electron chi connectivity index (χ0n) is 12.5. The van der Waals surface area contributed by atoms with Crippen LogP contribution in [0.2, 0.25) is 5.02 Å². The third-order valence-electron chi connectivity index (χ3n) is 4.49. The van der Waals surface area contributed by atoms with Crippen LogP contribution in [0, 0.1) is 5.92 Å². The van der Waals surface area contributed by atoms with Crippen molar-refractivity contribution in [3.63, 3.8) is 0 Å². The quantitative estimate of drug-likeness (QED) is 0.789. The first-order valence-corrected chi connectivity index (χ1v) is 7.63. The lowest BCUT2D eigenvalue weighted by Crippen LogP contribution is -2.49. The fourth-order valence-corrected chi connectivity index (χ4v) is 3.56. The largest absolute Gasteiger partial charge is 0.409 e. The Morgan fingerprint density at radius 3 is 2.59 bits per heavy atom. The van der Waals surface area contributed by atoms with E-state index in [0.29, 0.717) is 24.3 Å². The summed E-state index contributed by atoms with van der Waals surface area (Å²) in [5.74, 6) is -1.07. The monoisotopic (exact) mass is 333 g/mol. The van der Waals surface area contributed by atoms with E-state index in [4.69, 9.17) is 11.6 Å². The van der Waals surface area contributed by atoms with Gasteiger partial charge in [0.05, 0.1) is 0 Å². The number of hydrogen-bond acceptors (Lipinski definition) is 1. The van der Waals surface area contributed by atoms with Gasteiger partial charge in [0.15, 0.2) is 0 Å². The molecule has 1 unspecified atom stereocenters. The second-order valence-corrected chi connectivity index (χ2v) is 6.38. The first-order chi connectivity index (χ1) is 10.2. The third-order valence-corrected chi connectivity index (χ3v) is 4.72. The van der Waals surface area contributed by atoms with Crippen LogP contribution >= 0.6 is 11.6 Å². The average Bonchev–Trinajstić information content (AvgIpc) is 2.86. The minimum atomic E-state index is -4.41. The van der Waals surface area contributed by atoms with Gasteiger partial charge in [-0.15, -0.1) is 0 Å². The summed E-state index contributed by atoms with van der Waals surface area (Å²) in [7, 11) is 1.23. The van der Waals surface area contributed by atoms with Crippen LogP contribution in [-0.4, -0.2) is 30.1 Å². The molecule has 0 saturated heterocycles. The number of amides is 1. The van der Waals surface area contributed by atoms with Crippen molar-refractivity contribution < 1.29 is 18.0 Å². The molecule has 1 amide bonds. The van der Waals surface area contributed by atoms with Gasteiger partial charge in [0.1, 0.15) is 6.04 Å². The minimum Gasteiger partial charge on any atom is -0.334 e. The summed E-state index contributed by atoms with van der Waals surface area (Å²) in [6, 6.07) is 5.56. The van der Waals surface area contributed by atoms with Crippen molar-refractivity contribution in [1.82, 2.24) is 4.90 Å². The van der Waals surface area contributed by atoms with Gasteiger partial charge >= 0.3 is 6.18 Å². The Labute approximate surface area is 133 Å². The average molecular weight is 334 g/mol. The summed E-state index contributed by atoms with van der Waals surface area (Å²) < 4.78 is 40.1. The van der Waals surface area contributed by atoms with E-state index in [1.54, 1.807) is 6.07 Å². The van der Waals surface area contributed by atoms with Crippen LogP contribution in [0.15, 0.2) is 24.3 Å². The van der Waals surface area contributed by atoms with Crippen molar-refractivity contribution in [2.45, 2.75) is 44.3 Å². The molecule has 1 aromatic rings. The molecule has 3 atom stereocenters. The van der Waals surface area contributed by atoms with Crippen molar-refractivity contribution in [3.8, 4) is 0 Å². The summed E-state index contributed by atoms with van der Waals surface area (Å²) in [6.45, 7) is 1.17. The van der Waals surface area contributed by atoms with Crippen LogP contribution in [0.5, 0.6) is 0 Å². The van der Waals surface area contributed by atoms with Gasteiger partial charge in [-0.05, 0) is 48.8 Å². The third kappa shape index (κ3) is 3.75. The normalized spacial score (nSPS) is 23.4. The molecule has 1 fully saturated rings. The van der Waals surface area contributed by atoms with Gasteiger partial charge in [0, 0.05) is 19.0 Å². The topological polar surface area (TPSA) is 20.3 Å². The Morgan fingerprint density at radius 2 is 2.05 bits per heavy atom. The first kappa shape index (κ1) is 17.1. The molecule has 0 N–H and O–H groups in total. The smallest absolute Gasteiger partial charge is 0.334 e. The molecule has 1 aliphatic rings. The van der Waals surface area contributed by atoms with Crippen LogP contribution in [0.25, 0.3) is 0 Å². The standard InChI is InChI=1S/C16H19ClF3NO/c1-10(22)21(2)15(16(18,19)20)13-7-6-12(8-13)11-4-3-5-14(17)9-11/h3-5,9,12-13,15H,6-8H2,1-2H3/t12-,13+,15?/m1/s1. The second-order valence-electron chi connectivity index (χ2n) is 5.94. The van der Waals surface area contributed by atoms with E-state index < -0.39 is 24.0 Å². The van der Waals surface area contributed by atoms with Crippen LogP contribution in [0.1, 0.15) is 37.7 Å². The van der Waals surface area contributed by atoms with Gasteiger partial charge in [-0.2, -0.15) is 13.2 Å². The second kappa shape index (κ2) is 6.49. The lowest BCUT2D eigenvalue weighted by Gasteiger charge is -2.33. The highest BCUT2D eigenvalue weighted by Gasteiger charge is 2.50. The summed E-state index contributed by atoms with van der Waals surface area (Å²) in [5, 5.41) is 0.592. The molecule has 2 nitrogen and oxygen atoms in total. The highest BCUT2D eigenvalue weighted by atomic mass is 35.5.